The minimum Gasteiger partial charge on any atom is -0.496 e. The van der Waals surface area contributed by atoms with Crippen LogP contribution in [0.2, 0.25) is 0 Å². The fraction of sp³-hybridized carbons (Fsp3) is 0.611. The van der Waals surface area contributed by atoms with Gasteiger partial charge in [0.15, 0.2) is 22.6 Å². The van der Waals surface area contributed by atoms with E-state index in [1.54, 1.807) is 19.2 Å². The summed E-state index contributed by atoms with van der Waals surface area (Å²) in [4.78, 5) is 0.273. The van der Waals surface area contributed by atoms with Crippen LogP contribution in [0, 0.1) is 0 Å². The number of ether oxygens (including phenoxy) is 1. The van der Waals surface area contributed by atoms with E-state index in [2.05, 4.69) is 40.2 Å². The average molecular weight is 399 g/mol. The van der Waals surface area contributed by atoms with Crippen LogP contribution in [0.1, 0.15) is 24.4 Å². The highest BCUT2D eigenvalue weighted by Crippen LogP contribution is 2.29. The van der Waals surface area contributed by atoms with Crippen molar-refractivity contribution in [1.29, 1.82) is 0 Å². The smallest absolute Gasteiger partial charge is 0.175 e. The molecule has 0 amide bonds. The molecule has 0 aliphatic carbocycles. The number of thioether (sulfide) groups is 1. The fourth-order valence-corrected chi connectivity index (χ4v) is 5.32. The third-order valence-corrected chi connectivity index (χ3v) is 7.35. The summed E-state index contributed by atoms with van der Waals surface area (Å²) < 4.78 is 31.3. The highest BCUT2D eigenvalue weighted by Gasteiger charge is 2.29. The minimum absolute atomic E-state index is 0.0361. The first-order valence-corrected chi connectivity index (χ1v) is 11.8. The van der Waals surface area contributed by atoms with Crippen LogP contribution < -0.4 is 15.4 Å². The van der Waals surface area contributed by atoms with Crippen molar-refractivity contribution in [3.8, 4) is 5.75 Å². The molecule has 3 atom stereocenters. The molecule has 0 aromatic heterocycles. The first kappa shape index (κ1) is 19.7. The Kier molecular flexibility index (Phi) is 6.27. The van der Waals surface area contributed by atoms with E-state index < -0.39 is 9.84 Å². The van der Waals surface area contributed by atoms with Gasteiger partial charge in [0, 0.05) is 23.6 Å². The van der Waals surface area contributed by atoms with Gasteiger partial charge in [-0.2, -0.15) is 11.8 Å². The van der Waals surface area contributed by atoms with Crippen molar-refractivity contribution in [2.45, 2.75) is 35.2 Å². The summed E-state index contributed by atoms with van der Waals surface area (Å²) in [5.74, 6) is 1.85. The van der Waals surface area contributed by atoms with Crippen molar-refractivity contribution in [2.75, 3.05) is 39.3 Å². The monoisotopic (exact) mass is 398 g/mol. The topological polar surface area (TPSA) is 70.4 Å². The number of nitrogens with one attached hydrogen (secondary N) is 2. The zero-order valence-electron chi connectivity index (χ0n) is 15.6. The number of nitrogens with zero attached hydrogens (tertiary/aromatic N) is 1. The summed E-state index contributed by atoms with van der Waals surface area (Å²) in [6.07, 6.45) is 6.10. The van der Waals surface area contributed by atoms with Crippen molar-refractivity contribution in [3.05, 3.63) is 23.8 Å². The summed E-state index contributed by atoms with van der Waals surface area (Å²) >= 11 is 2.05. The van der Waals surface area contributed by atoms with Gasteiger partial charge in [0.05, 0.1) is 12.0 Å². The first-order valence-electron chi connectivity index (χ1n) is 8.91. The highest BCUT2D eigenvalue weighted by atomic mass is 32.2. The Balaban J connectivity index is 1.76. The maximum Gasteiger partial charge on any atom is 0.175 e. The molecule has 0 radical (unpaired) electrons. The zero-order valence-corrected chi connectivity index (χ0v) is 17.2. The maximum atomic E-state index is 11.8. The van der Waals surface area contributed by atoms with Crippen molar-refractivity contribution < 1.29 is 17.7 Å². The molecule has 26 heavy (non-hydrogen) atoms. The molecule has 0 saturated carbocycles. The van der Waals surface area contributed by atoms with Gasteiger partial charge in [0.25, 0.3) is 0 Å². The van der Waals surface area contributed by atoms with Crippen LogP contribution in [-0.4, -0.2) is 69.9 Å². The number of rotatable bonds is 6. The van der Waals surface area contributed by atoms with Crippen molar-refractivity contribution in [3.63, 3.8) is 0 Å². The van der Waals surface area contributed by atoms with Gasteiger partial charge in [0.1, 0.15) is 25.0 Å². The van der Waals surface area contributed by atoms with E-state index in [-0.39, 0.29) is 17.1 Å². The van der Waals surface area contributed by atoms with E-state index in [0.717, 1.165) is 18.7 Å². The van der Waals surface area contributed by atoms with Gasteiger partial charge in [0.2, 0.25) is 0 Å². The molecule has 0 spiro atoms. The molecule has 1 aromatic rings. The van der Waals surface area contributed by atoms with E-state index in [1.807, 2.05) is 6.07 Å². The molecular weight excluding hydrogens is 370 g/mol. The van der Waals surface area contributed by atoms with Crippen LogP contribution in [0.15, 0.2) is 23.1 Å². The largest absolute Gasteiger partial charge is 0.496 e. The molecule has 144 valence electrons. The van der Waals surface area contributed by atoms with Gasteiger partial charge >= 0.3 is 0 Å². The zero-order chi connectivity index (χ0) is 18.7. The number of hydrogen-bond acceptors (Lipinski definition) is 6. The van der Waals surface area contributed by atoms with Gasteiger partial charge < -0.3 is 4.74 Å². The Bertz CT molecular complexity index is 774. The number of hydrogen-bond donors (Lipinski definition) is 2. The molecule has 1 fully saturated rings. The molecule has 3 unspecified atom stereocenters. The molecule has 1 saturated heterocycles. The lowest BCUT2D eigenvalue weighted by Gasteiger charge is -2.28. The lowest BCUT2D eigenvalue weighted by molar-refractivity contribution is -0.503. The maximum absolute atomic E-state index is 11.8. The van der Waals surface area contributed by atoms with Crippen LogP contribution >= 0.6 is 11.8 Å². The van der Waals surface area contributed by atoms with Gasteiger partial charge in [-0.1, -0.05) is 6.07 Å². The lowest BCUT2D eigenvalue weighted by atomic mass is 10.0. The molecule has 2 aliphatic heterocycles. The summed E-state index contributed by atoms with van der Waals surface area (Å²) in [6.45, 7) is 1.89. The number of sulfone groups is 1. The standard InChI is InChI=1S/C18H28N3O3S2/c1-21-11-16(20-18(12-21)19-10-13-5-4-8-25-13)15-7-6-14(26(3,22)23)9-17(15)24-2/h6-7,9,11,13,16,18-20H,4-5,8,10,12H2,1-3H3/q+1. The van der Waals surface area contributed by atoms with Gasteiger partial charge in [-0.15, -0.1) is 0 Å². The van der Waals surface area contributed by atoms with Crippen LogP contribution in [-0.2, 0) is 9.84 Å². The molecular formula is C18H28N3O3S2+. The Morgan fingerprint density at radius 2 is 2.23 bits per heavy atom. The van der Waals surface area contributed by atoms with E-state index in [9.17, 15) is 8.42 Å². The van der Waals surface area contributed by atoms with Gasteiger partial charge in [-0.05, 0) is 30.7 Å². The van der Waals surface area contributed by atoms with E-state index >= 15 is 0 Å². The van der Waals surface area contributed by atoms with Crippen LogP contribution in [0.5, 0.6) is 5.75 Å². The van der Waals surface area contributed by atoms with Crippen LogP contribution in [0.4, 0.5) is 0 Å². The molecule has 1 aromatic carbocycles. The summed E-state index contributed by atoms with van der Waals surface area (Å²) in [5.41, 5.74) is 0.938. The Morgan fingerprint density at radius 1 is 1.42 bits per heavy atom. The Labute approximate surface area is 160 Å². The predicted octanol–water partition coefficient (Wildman–Crippen LogP) is 1.27. The third kappa shape index (κ3) is 4.79. The summed E-state index contributed by atoms with van der Waals surface area (Å²) in [5, 5.41) is 7.95. The van der Waals surface area contributed by atoms with E-state index in [1.165, 1.54) is 24.9 Å². The van der Waals surface area contributed by atoms with E-state index in [0.29, 0.717) is 11.0 Å². The Morgan fingerprint density at radius 3 is 2.88 bits per heavy atom. The van der Waals surface area contributed by atoms with Crippen molar-refractivity contribution >= 4 is 27.8 Å². The average Bonchev–Trinajstić information content (AvgIpc) is 3.11. The molecule has 8 heteroatoms. The Hall–Kier alpha value is -1.09. The highest BCUT2D eigenvalue weighted by molar-refractivity contribution is 8.00. The van der Waals surface area contributed by atoms with E-state index in [4.69, 9.17) is 4.74 Å². The summed E-state index contributed by atoms with van der Waals surface area (Å²) in [6, 6.07) is 5.05. The predicted molar refractivity (Wildman–Crippen MR) is 106 cm³/mol. The normalized spacial score (nSPS) is 26.6. The molecule has 6 nitrogen and oxygen atoms in total. The molecule has 2 heterocycles. The minimum atomic E-state index is -3.26. The second kappa shape index (κ2) is 8.29. The molecule has 2 N–H and O–H groups in total. The second-order valence-corrected chi connectivity index (χ2v) is 10.4. The fourth-order valence-electron chi connectivity index (χ4n) is 3.47. The summed E-state index contributed by atoms with van der Waals surface area (Å²) in [7, 11) is 0.375. The van der Waals surface area contributed by atoms with Crippen LogP contribution in [0.3, 0.4) is 0 Å². The van der Waals surface area contributed by atoms with Crippen molar-refractivity contribution in [2.24, 2.45) is 0 Å². The number of methoxy groups -OCH3 is 1. The quantitative estimate of drug-likeness (QED) is 0.704. The number of benzene rings is 1. The molecule has 2 aliphatic rings. The van der Waals surface area contributed by atoms with Gasteiger partial charge in [-0.25, -0.2) is 13.0 Å². The van der Waals surface area contributed by atoms with Crippen molar-refractivity contribution in [1.82, 2.24) is 10.6 Å². The SMILES string of the molecule is COc1cc(S(C)(=O)=O)ccc1C1C=[N+](C)CC(NCC2CCCS2)N1. The first-order chi connectivity index (χ1) is 12.4. The second-order valence-electron chi connectivity index (χ2n) is 7.00. The third-order valence-electron chi connectivity index (χ3n) is 4.84. The number of likely N-dealkylation sites (N-methyl/N-ethyl adjacent to an activating group) is 1. The van der Waals surface area contributed by atoms with Gasteiger partial charge in [-0.3, -0.25) is 10.6 Å². The molecule has 3 rings (SSSR count). The molecule has 0 bridgehead atoms. The van der Waals surface area contributed by atoms with Crippen LogP contribution in [0.25, 0.3) is 0 Å². The lowest BCUT2D eigenvalue weighted by Crippen LogP contribution is -2.54.